The van der Waals surface area contributed by atoms with E-state index in [9.17, 15) is 4.39 Å². The van der Waals surface area contributed by atoms with Gasteiger partial charge in [-0.2, -0.15) is 0 Å². The second-order valence-corrected chi connectivity index (χ2v) is 4.05. The number of halogens is 4. The molecule has 0 spiro atoms. The summed E-state index contributed by atoms with van der Waals surface area (Å²) in [6, 6.07) is 2.33. The maximum atomic E-state index is 13.0. The molecule has 84 valence electrons. The molecule has 0 aliphatic heterocycles. The summed E-state index contributed by atoms with van der Waals surface area (Å²) >= 11 is 17.5. The Kier molecular flexibility index (Phi) is 3.33. The Hall–Kier alpha value is -0.840. The SMILES string of the molecule is Fc1cc(Cl)c(-n2cnnc2CCl)c(Cl)c1. The van der Waals surface area contributed by atoms with Crippen molar-refractivity contribution in [1.29, 1.82) is 0 Å². The molecule has 1 heterocycles. The van der Waals surface area contributed by atoms with Gasteiger partial charge in [-0.3, -0.25) is 4.57 Å². The van der Waals surface area contributed by atoms with Crippen LogP contribution >= 0.6 is 34.8 Å². The van der Waals surface area contributed by atoms with Crippen molar-refractivity contribution in [2.45, 2.75) is 5.88 Å². The molecule has 1 aromatic heterocycles. The molecule has 3 nitrogen and oxygen atoms in total. The molecule has 0 aliphatic carbocycles. The lowest BCUT2D eigenvalue weighted by atomic mass is 10.3. The summed E-state index contributed by atoms with van der Waals surface area (Å²) in [5.74, 6) is 0.139. The van der Waals surface area contributed by atoms with E-state index in [-0.39, 0.29) is 15.9 Å². The highest BCUT2D eigenvalue weighted by molar-refractivity contribution is 6.37. The zero-order valence-electron chi connectivity index (χ0n) is 7.79. The molecule has 0 atom stereocenters. The van der Waals surface area contributed by atoms with Gasteiger partial charge in [0.05, 0.1) is 21.6 Å². The summed E-state index contributed by atoms with van der Waals surface area (Å²) in [5, 5.41) is 7.83. The molecule has 0 amide bonds. The summed E-state index contributed by atoms with van der Waals surface area (Å²) in [5.41, 5.74) is 0.422. The Balaban J connectivity index is 2.64. The number of rotatable bonds is 2. The van der Waals surface area contributed by atoms with Crippen LogP contribution in [0, 0.1) is 5.82 Å². The Morgan fingerprint density at radius 1 is 1.25 bits per heavy atom. The van der Waals surface area contributed by atoms with Crippen LogP contribution in [-0.4, -0.2) is 14.8 Å². The second-order valence-electron chi connectivity index (χ2n) is 2.97. The minimum atomic E-state index is -0.501. The first-order valence-electron chi connectivity index (χ1n) is 4.23. The summed E-state index contributed by atoms with van der Waals surface area (Å²) < 4.78 is 14.5. The molecule has 16 heavy (non-hydrogen) atoms. The maximum absolute atomic E-state index is 13.0. The van der Waals surface area contributed by atoms with Crippen LogP contribution in [0.4, 0.5) is 4.39 Å². The van der Waals surface area contributed by atoms with Gasteiger partial charge in [0.2, 0.25) is 0 Å². The van der Waals surface area contributed by atoms with Gasteiger partial charge in [-0.15, -0.1) is 21.8 Å². The minimum absolute atomic E-state index is 0.157. The smallest absolute Gasteiger partial charge is 0.152 e. The van der Waals surface area contributed by atoms with E-state index in [1.165, 1.54) is 23.0 Å². The molecule has 0 unspecified atom stereocenters. The van der Waals surface area contributed by atoms with Crippen LogP contribution in [0.5, 0.6) is 0 Å². The van der Waals surface area contributed by atoms with E-state index in [1.54, 1.807) is 0 Å². The number of hydrogen-bond acceptors (Lipinski definition) is 2. The highest BCUT2D eigenvalue weighted by Crippen LogP contribution is 2.30. The van der Waals surface area contributed by atoms with Gasteiger partial charge in [0.1, 0.15) is 12.1 Å². The van der Waals surface area contributed by atoms with Crippen LogP contribution in [0.15, 0.2) is 18.5 Å². The molecule has 2 aromatic rings. The Morgan fingerprint density at radius 2 is 1.88 bits per heavy atom. The molecule has 0 bridgehead atoms. The van der Waals surface area contributed by atoms with Crippen LogP contribution in [0.25, 0.3) is 5.69 Å². The Bertz CT molecular complexity index is 503. The van der Waals surface area contributed by atoms with Gasteiger partial charge in [0.15, 0.2) is 5.82 Å². The summed E-state index contributed by atoms with van der Waals surface area (Å²) in [4.78, 5) is 0. The topological polar surface area (TPSA) is 30.7 Å². The van der Waals surface area contributed by atoms with Gasteiger partial charge in [-0.25, -0.2) is 4.39 Å². The number of alkyl halides is 1. The number of hydrogen-bond donors (Lipinski definition) is 0. The molecule has 0 saturated carbocycles. The van der Waals surface area contributed by atoms with Crippen LogP contribution < -0.4 is 0 Å². The molecule has 0 aliphatic rings. The quantitative estimate of drug-likeness (QED) is 0.789. The van der Waals surface area contributed by atoms with E-state index < -0.39 is 5.82 Å². The number of benzene rings is 1. The first kappa shape index (κ1) is 11.6. The highest BCUT2D eigenvalue weighted by Gasteiger charge is 2.14. The molecule has 7 heteroatoms. The fourth-order valence-electron chi connectivity index (χ4n) is 1.30. The lowest BCUT2D eigenvalue weighted by Gasteiger charge is -2.09. The van der Waals surface area contributed by atoms with Crippen molar-refractivity contribution in [1.82, 2.24) is 14.8 Å². The van der Waals surface area contributed by atoms with Crippen LogP contribution in [0.1, 0.15) is 5.82 Å². The van der Waals surface area contributed by atoms with E-state index in [2.05, 4.69) is 10.2 Å². The minimum Gasteiger partial charge on any atom is -0.282 e. The van der Waals surface area contributed by atoms with Crippen molar-refractivity contribution in [2.75, 3.05) is 0 Å². The van der Waals surface area contributed by atoms with Gasteiger partial charge in [-0.1, -0.05) is 23.2 Å². The highest BCUT2D eigenvalue weighted by atomic mass is 35.5. The van der Waals surface area contributed by atoms with Crippen molar-refractivity contribution in [3.05, 3.63) is 40.1 Å². The van der Waals surface area contributed by atoms with Crippen molar-refractivity contribution in [2.24, 2.45) is 0 Å². The fraction of sp³-hybridized carbons (Fsp3) is 0.111. The zero-order chi connectivity index (χ0) is 11.7. The first-order valence-corrected chi connectivity index (χ1v) is 5.52. The average Bonchev–Trinajstić information content (AvgIpc) is 2.64. The molecule has 0 radical (unpaired) electrons. The lowest BCUT2D eigenvalue weighted by Crippen LogP contribution is -2.00. The molecular weight excluding hydrogens is 275 g/mol. The average molecular weight is 281 g/mol. The molecule has 2 rings (SSSR count). The molecule has 0 saturated heterocycles. The van der Waals surface area contributed by atoms with Crippen molar-refractivity contribution < 1.29 is 4.39 Å². The monoisotopic (exact) mass is 279 g/mol. The van der Waals surface area contributed by atoms with E-state index in [0.717, 1.165) is 0 Å². The fourth-order valence-corrected chi connectivity index (χ4v) is 2.13. The first-order chi connectivity index (χ1) is 7.63. The maximum Gasteiger partial charge on any atom is 0.152 e. The Morgan fingerprint density at radius 3 is 2.44 bits per heavy atom. The summed E-state index contributed by atoms with van der Waals surface area (Å²) in [7, 11) is 0. The van der Waals surface area contributed by atoms with Gasteiger partial charge < -0.3 is 0 Å². The summed E-state index contributed by atoms with van der Waals surface area (Å²) in [6.45, 7) is 0. The van der Waals surface area contributed by atoms with E-state index in [0.29, 0.717) is 11.5 Å². The Labute approximate surface area is 106 Å². The number of aromatic nitrogens is 3. The third kappa shape index (κ3) is 2.00. The van der Waals surface area contributed by atoms with Crippen LogP contribution in [0.2, 0.25) is 10.0 Å². The standard InChI is InChI=1S/C9H5Cl3FN3/c10-3-8-15-14-4-16(8)9-6(11)1-5(13)2-7(9)12/h1-2,4H,3H2. The van der Waals surface area contributed by atoms with Crippen molar-refractivity contribution >= 4 is 34.8 Å². The third-order valence-electron chi connectivity index (χ3n) is 1.96. The lowest BCUT2D eigenvalue weighted by molar-refractivity contribution is 0.627. The third-order valence-corrected chi connectivity index (χ3v) is 2.78. The van der Waals surface area contributed by atoms with Crippen molar-refractivity contribution in [3.8, 4) is 5.69 Å². The van der Waals surface area contributed by atoms with Crippen LogP contribution in [0.3, 0.4) is 0 Å². The van der Waals surface area contributed by atoms with Crippen molar-refractivity contribution in [3.63, 3.8) is 0 Å². The van der Waals surface area contributed by atoms with E-state index in [1.807, 2.05) is 0 Å². The summed E-state index contributed by atoms with van der Waals surface area (Å²) in [6.07, 6.45) is 1.42. The van der Waals surface area contributed by atoms with Gasteiger partial charge in [0, 0.05) is 0 Å². The van der Waals surface area contributed by atoms with E-state index in [4.69, 9.17) is 34.8 Å². The largest absolute Gasteiger partial charge is 0.282 e. The predicted octanol–water partition coefficient (Wildman–Crippen LogP) is 3.45. The van der Waals surface area contributed by atoms with Gasteiger partial charge in [-0.05, 0) is 12.1 Å². The zero-order valence-corrected chi connectivity index (χ0v) is 10.1. The normalized spacial score (nSPS) is 10.8. The number of nitrogens with zero attached hydrogens (tertiary/aromatic N) is 3. The van der Waals surface area contributed by atoms with Crippen LogP contribution in [-0.2, 0) is 5.88 Å². The second kappa shape index (κ2) is 4.57. The van der Waals surface area contributed by atoms with Gasteiger partial charge in [0.25, 0.3) is 0 Å². The molecule has 0 fully saturated rings. The molecular formula is C9H5Cl3FN3. The van der Waals surface area contributed by atoms with E-state index >= 15 is 0 Å². The van der Waals surface area contributed by atoms with Gasteiger partial charge >= 0.3 is 0 Å². The predicted molar refractivity (Wildman–Crippen MR) is 60.9 cm³/mol. The molecule has 0 N–H and O–H groups in total. The molecule has 1 aromatic carbocycles.